The number of aliphatic hydroxyl groups excluding tert-OH is 1. The van der Waals surface area contributed by atoms with Crippen molar-refractivity contribution >= 4 is 16.9 Å². The van der Waals surface area contributed by atoms with Crippen molar-refractivity contribution in [1.29, 1.82) is 0 Å². The van der Waals surface area contributed by atoms with Crippen LogP contribution in [0, 0.1) is 0 Å². The van der Waals surface area contributed by atoms with Crippen molar-refractivity contribution in [2.24, 2.45) is 0 Å². The molecule has 2 aromatic carbocycles. The van der Waals surface area contributed by atoms with Gasteiger partial charge in [-0.3, -0.25) is 0 Å². The number of hydrogen-bond donors (Lipinski definition) is 2. The smallest absolute Gasteiger partial charge is 0.232 e. The molecular weight excluding hydrogens is 390 g/mol. The van der Waals surface area contributed by atoms with Gasteiger partial charge in [-0.25, -0.2) is 9.97 Å². The predicted molar refractivity (Wildman–Crippen MR) is 121 cm³/mol. The maximum Gasteiger partial charge on any atom is 0.232 e. The van der Waals surface area contributed by atoms with Crippen LogP contribution in [0.3, 0.4) is 0 Å². The second kappa shape index (κ2) is 8.40. The molecule has 2 aromatic heterocycles. The lowest BCUT2D eigenvalue weighted by Crippen LogP contribution is -2.30. The van der Waals surface area contributed by atoms with E-state index in [1.807, 2.05) is 54.6 Å². The van der Waals surface area contributed by atoms with E-state index in [-0.39, 0.29) is 12.1 Å². The quantitative estimate of drug-likeness (QED) is 0.462. The van der Waals surface area contributed by atoms with Crippen molar-refractivity contribution in [3.05, 3.63) is 60.9 Å². The van der Waals surface area contributed by atoms with Crippen LogP contribution in [0.5, 0.6) is 5.75 Å². The number of methoxy groups -OCH3 is 1. The minimum absolute atomic E-state index is 0.167. The van der Waals surface area contributed by atoms with Gasteiger partial charge in [-0.1, -0.05) is 42.5 Å². The molecule has 0 unspecified atom stereocenters. The van der Waals surface area contributed by atoms with Crippen molar-refractivity contribution in [3.63, 3.8) is 0 Å². The van der Waals surface area contributed by atoms with Crippen LogP contribution in [0.25, 0.3) is 33.6 Å². The molecule has 1 saturated carbocycles. The van der Waals surface area contributed by atoms with E-state index in [1.54, 1.807) is 7.11 Å². The number of nitrogens with one attached hydrogen (secondary N) is 1. The average molecular weight is 415 g/mol. The lowest BCUT2D eigenvalue weighted by molar-refractivity contribution is 0.124. The maximum atomic E-state index is 10.1. The highest BCUT2D eigenvalue weighted by molar-refractivity contribution is 6.05. The van der Waals surface area contributed by atoms with Gasteiger partial charge in [0.2, 0.25) is 5.71 Å². The summed E-state index contributed by atoms with van der Waals surface area (Å²) in [5.74, 6) is 2.29. The third kappa shape index (κ3) is 3.86. The lowest BCUT2D eigenvalue weighted by atomic mass is 9.93. The van der Waals surface area contributed by atoms with Gasteiger partial charge in [0.15, 0.2) is 0 Å². The molecule has 0 amide bonds. The molecule has 0 saturated heterocycles. The molecule has 1 fully saturated rings. The highest BCUT2D eigenvalue weighted by Crippen LogP contribution is 2.43. The van der Waals surface area contributed by atoms with E-state index in [0.29, 0.717) is 12.1 Å². The van der Waals surface area contributed by atoms with Crippen molar-refractivity contribution in [2.45, 2.75) is 37.8 Å². The number of nitrogens with zero attached hydrogens (tertiary/aromatic N) is 2. The van der Waals surface area contributed by atoms with Gasteiger partial charge in [0, 0.05) is 17.2 Å². The molecule has 6 heteroatoms. The Hall–Kier alpha value is -3.38. The van der Waals surface area contributed by atoms with Gasteiger partial charge < -0.3 is 19.6 Å². The van der Waals surface area contributed by atoms with Gasteiger partial charge >= 0.3 is 0 Å². The first-order valence-electron chi connectivity index (χ1n) is 10.6. The van der Waals surface area contributed by atoms with Gasteiger partial charge in [-0.05, 0) is 43.4 Å². The molecular formula is C25H25N3O3. The van der Waals surface area contributed by atoms with E-state index in [9.17, 15) is 5.11 Å². The number of furan rings is 1. The summed E-state index contributed by atoms with van der Waals surface area (Å²) in [4.78, 5) is 8.99. The first kappa shape index (κ1) is 19.6. The number of anilines is 1. The largest absolute Gasteiger partial charge is 0.497 e. The Morgan fingerprint density at radius 3 is 2.55 bits per heavy atom. The van der Waals surface area contributed by atoms with Gasteiger partial charge in [-0.15, -0.1) is 0 Å². The topological polar surface area (TPSA) is 80.4 Å². The Balaban J connectivity index is 1.68. The van der Waals surface area contributed by atoms with Crippen LogP contribution in [-0.4, -0.2) is 34.3 Å². The van der Waals surface area contributed by atoms with Gasteiger partial charge in [-0.2, -0.15) is 0 Å². The molecule has 31 heavy (non-hydrogen) atoms. The van der Waals surface area contributed by atoms with E-state index in [2.05, 4.69) is 15.3 Å². The second-order valence-corrected chi connectivity index (χ2v) is 7.96. The molecule has 0 spiro atoms. The van der Waals surface area contributed by atoms with Crippen LogP contribution in [0.2, 0.25) is 0 Å². The highest BCUT2D eigenvalue weighted by Gasteiger charge is 2.25. The number of aliphatic hydroxyl groups is 1. The van der Waals surface area contributed by atoms with Gasteiger partial charge in [0.05, 0.1) is 18.6 Å². The lowest BCUT2D eigenvalue weighted by Gasteiger charge is -2.27. The number of aromatic nitrogens is 2. The van der Waals surface area contributed by atoms with Gasteiger partial charge in [0.25, 0.3) is 0 Å². The summed E-state index contributed by atoms with van der Waals surface area (Å²) in [6.45, 7) is 0. The standard InChI is InChI=1S/C25H25N3O3/c1-30-20-12-10-16(11-13-20)21-22-24(28-18-8-5-9-19(29)14-18)26-15-27-25(22)31-23(21)17-6-3-2-4-7-17/h2-4,6-7,10-13,15,18-19,29H,5,8-9,14H2,1H3,(H,26,27,28)/t18-,19+/m1/s1. The summed E-state index contributed by atoms with van der Waals surface area (Å²) in [6.07, 6.45) is 4.84. The monoisotopic (exact) mass is 415 g/mol. The fourth-order valence-electron chi connectivity index (χ4n) is 4.36. The minimum Gasteiger partial charge on any atom is -0.497 e. The number of ether oxygens (including phenoxy) is 1. The number of rotatable bonds is 5. The summed E-state index contributed by atoms with van der Waals surface area (Å²) < 4.78 is 11.6. The third-order valence-corrected chi connectivity index (χ3v) is 5.89. The molecule has 6 nitrogen and oxygen atoms in total. The first-order valence-corrected chi connectivity index (χ1v) is 10.6. The zero-order valence-corrected chi connectivity index (χ0v) is 17.4. The Kier molecular flexibility index (Phi) is 5.30. The Morgan fingerprint density at radius 2 is 1.81 bits per heavy atom. The Bertz CT molecular complexity index is 1170. The fraction of sp³-hybridized carbons (Fsp3) is 0.280. The summed E-state index contributed by atoms with van der Waals surface area (Å²) >= 11 is 0. The number of benzene rings is 2. The van der Waals surface area contributed by atoms with Crippen LogP contribution in [0.15, 0.2) is 65.3 Å². The Morgan fingerprint density at radius 1 is 1.00 bits per heavy atom. The van der Waals surface area contributed by atoms with Crippen LogP contribution in [-0.2, 0) is 0 Å². The summed E-state index contributed by atoms with van der Waals surface area (Å²) in [5, 5.41) is 14.5. The summed E-state index contributed by atoms with van der Waals surface area (Å²) in [5.41, 5.74) is 3.46. The summed E-state index contributed by atoms with van der Waals surface area (Å²) in [6, 6.07) is 18.1. The minimum atomic E-state index is -0.270. The molecule has 2 heterocycles. The van der Waals surface area contributed by atoms with Crippen molar-refractivity contribution in [3.8, 4) is 28.2 Å². The predicted octanol–water partition coefficient (Wildman–Crippen LogP) is 5.28. The van der Waals surface area contributed by atoms with E-state index in [0.717, 1.165) is 58.7 Å². The molecule has 0 radical (unpaired) electrons. The molecule has 5 rings (SSSR count). The van der Waals surface area contributed by atoms with E-state index < -0.39 is 0 Å². The highest BCUT2D eigenvalue weighted by atomic mass is 16.5. The van der Waals surface area contributed by atoms with Crippen molar-refractivity contribution in [2.75, 3.05) is 12.4 Å². The molecule has 158 valence electrons. The molecule has 4 aromatic rings. The van der Waals surface area contributed by atoms with Crippen LogP contribution >= 0.6 is 0 Å². The SMILES string of the molecule is COc1ccc(-c2c(-c3ccccc3)oc3ncnc(N[C@@H]4CCC[C@H](O)C4)c23)cc1. The zero-order valence-electron chi connectivity index (χ0n) is 17.4. The fourth-order valence-corrected chi connectivity index (χ4v) is 4.36. The van der Waals surface area contributed by atoms with E-state index >= 15 is 0 Å². The Labute approximate surface area is 180 Å². The number of hydrogen-bond acceptors (Lipinski definition) is 6. The maximum absolute atomic E-state index is 10.1. The second-order valence-electron chi connectivity index (χ2n) is 7.96. The van der Waals surface area contributed by atoms with Gasteiger partial charge in [0.1, 0.15) is 23.7 Å². The molecule has 0 bridgehead atoms. The van der Waals surface area contributed by atoms with Crippen LogP contribution < -0.4 is 10.1 Å². The summed E-state index contributed by atoms with van der Waals surface area (Å²) in [7, 11) is 1.66. The molecule has 2 atom stereocenters. The number of fused-ring (bicyclic) bond motifs is 1. The van der Waals surface area contributed by atoms with Crippen molar-refractivity contribution in [1.82, 2.24) is 9.97 Å². The molecule has 1 aliphatic rings. The van der Waals surface area contributed by atoms with E-state index in [4.69, 9.17) is 9.15 Å². The van der Waals surface area contributed by atoms with E-state index in [1.165, 1.54) is 6.33 Å². The van der Waals surface area contributed by atoms with Crippen LogP contribution in [0.4, 0.5) is 5.82 Å². The molecule has 0 aliphatic heterocycles. The zero-order chi connectivity index (χ0) is 21.2. The van der Waals surface area contributed by atoms with Crippen molar-refractivity contribution < 1.29 is 14.3 Å². The average Bonchev–Trinajstić information content (AvgIpc) is 3.20. The molecule has 2 N–H and O–H groups in total. The van der Waals surface area contributed by atoms with Crippen LogP contribution in [0.1, 0.15) is 25.7 Å². The first-order chi connectivity index (χ1) is 15.2. The third-order valence-electron chi connectivity index (χ3n) is 5.89. The molecule has 1 aliphatic carbocycles. The normalized spacial score (nSPS) is 18.8.